The van der Waals surface area contributed by atoms with Gasteiger partial charge in [-0.1, -0.05) is 18.2 Å². The number of aromatic nitrogens is 2. The van der Waals surface area contributed by atoms with Crippen molar-refractivity contribution in [1.29, 1.82) is 0 Å². The summed E-state index contributed by atoms with van der Waals surface area (Å²) in [5.41, 5.74) is 2.48. The average molecular weight is 376 g/mol. The third-order valence-corrected chi connectivity index (χ3v) is 4.31. The van der Waals surface area contributed by atoms with E-state index in [-0.39, 0.29) is 5.91 Å². The number of amides is 1. The molecule has 27 heavy (non-hydrogen) atoms. The second kappa shape index (κ2) is 9.39. The van der Waals surface area contributed by atoms with E-state index < -0.39 is 12.8 Å². The molecule has 0 aliphatic carbocycles. The summed E-state index contributed by atoms with van der Waals surface area (Å²) in [6, 6.07) is 8.48. The van der Waals surface area contributed by atoms with Gasteiger partial charge < -0.3 is 9.80 Å². The van der Waals surface area contributed by atoms with Crippen LogP contribution in [0.4, 0.5) is 14.7 Å². The van der Waals surface area contributed by atoms with Crippen molar-refractivity contribution in [1.82, 2.24) is 14.9 Å². The van der Waals surface area contributed by atoms with E-state index >= 15 is 0 Å². The number of hydrogen-bond acceptors (Lipinski definition) is 4. The fourth-order valence-electron chi connectivity index (χ4n) is 2.90. The Balaban J connectivity index is 2.09. The zero-order valence-electron chi connectivity index (χ0n) is 16.2. The van der Waals surface area contributed by atoms with E-state index in [1.165, 1.54) is 0 Å². The van der Waals surface area contributed by atoms with Crippen molar-refractivity contribution in [2.75, 3.05) is 31.6 Å². The molecule has 0 aliphatic rings. The lowest BCUT2D eigenvalue weighted by Crippen LogP contribution is -2.38. The van der Waals surface area contributed by atoms with E-state index in [0.29, 0.717) is 36.7 Å². The monoisotopic (exact) mass is 376 g/mol. The fraction of sp³-hybridized carbons (Fsp3) is 0.450. The SMILES string of the molecule is CCN(CCN(C)c1nc(C)cc(C)n1)C(=O)c1ccccc1CC(F)F. The molecule has 0 radical (unpaired) electrons. The van der Waals surface area contributed by atoms with Crippen molar-refractivity contribution in [3.8, 4) is 0 Å². The Bertz CT molecular complexity index is 762. The summed E-state index contributed by atoms with van der Waals surface area (Å²) in [5, 5.41) is 0. The number of benzene rings is 1. The molecular formula is C20H26F2N4O. The van der Waals surface area contributed by atoms with Gasteiger partial charge in [-0.2, -0.15) is 0 Å². The van der Waals surface area contributed by atoms with E-state index in [0.717, 1.165) is 11.4 Å². The first-order valence-corrected chi connectivity index (χ1v) is 9.00. The average Bonchev–Trinajstić information content (AvgIpc) is 2.61. The minimum atomic E-state index is -2.48. The van der Waals surface area contributed by atoms with Gasteiger partial charge in [0.1, 0.15) is 0 Å². The number of carbonyl (C=O) groups is 1. The summed E-state index contributed by atoms with van der Waals surface area (Å²) in [6.45, 7) is 7.18. The van der Waals surface area contributed by atoms with E-state index in [1.54, 1.807) is 29.2 Å². The first kappa shape index (κ1) is 20.7. The van der Waals surface area contributed by atoms with E-state index in [4.69, 9.17) is 0 Å². The molecule has 0 spiro atoms. The van der Waals surface area contributed by atoms with Crippen LogP contribution in [0.1, 0.15) is 34.2 Å². The van der Waals surface area contributed by atoms with Gasteiger partial charge in [0.15, 0.2) is 0 Å². The summed E-state index contributed by atoms with van der Waals surface area (Å²) < 4.78 is 25.6. The molecule has 0 saturated heterocycles. The quantitative estimate of drug-likeness (QED) is 0.708. The van der Waals surface area contributed by atoms with Gasteiger partial charge in [0.05, 0.1) is 0 Å². The van der Waals surface area contributed by atoms with Crippen molar-refractivity contribution in [3.05, 3.63) is 52.8 Å². The van der Waals surface area contributed by atoms with Gasteiger partial charge in [0, 0.05) is 50.1 Å². The Morgan fingerprint density at radius 1 is 1.11 bits per heavy atom. The molecule has 1 aromatic carbocycles. The van der Waals surface area contributed by atoms with Gasteiger partial charge in [-0.15, -0.1) is 0 Å². The van der Waals surface area contributed by atoms with E-state index in [2.05, 4.69) is 9.97 Å². The minimum absolute atomic E-state index is 0.233. The molecule has 0 fully saturated rings. The van der Waals surface area contributed by atoms with Gasteiger partial charge in [0.2, 0.25) is 12.4 Å². The Hall–Kier alpha value is -2.57. The number of hydrogen-bond donors (Lipinski definition) is 0. The van der Waals surface area contributed by atoms with Crippen LogP contribution in [0.5, 0.6) is 0 Å². The zero-order chi connectivity index (χ0) is 20.0. The number of alkyl halides is 2. The maximum Gasteiger partial charge on any atom is 0.254 e. The number of rotatable bonds is 8. The van der Waals surface area contributed by atoms with Gasteiger partial charge in [-0.05, 0) is 38.5 Å². The molecule has 7 heteroatoms. The first-order valence-electron chi connectivity index (χ1n) is 9.00. The standard InChI is InChI=1S/C20H26F2N4O/c1-5-26(11-10-25(4)20-23-14(2)12-15(3)24-20)19(27)17-9-7-6-8-16(17)13-18(21)22/h6-9,12,18H,5,10-11,13H2,1-4H3. The topological polar surface area (TPSA) is 49.3 Å². The first-order chi connectivity index (χ1) is 12.8. The number of anilines is 1. The van der Waals surface area contributed by atoms with Crippen LogP contribution < -0.4 is 4.90 Å². The van der Waals surface area contributed by atoms with Crippen LogP contribution in [0.3, 0.4) is 0 Å². The van der Waals surface area contributed by atoms with Crippen LogP contribution in [0, 0.1) is 13.8 Å². The molecule has 1 aromatic heterocycles. The molecule has 0 atom stereocenters. The number of aryl methyl sites for hydroxylation is 2. The highest BCUT2D eigenvalue weighted by atomic mass is 19.3. The molecule has 0 saturated carbocycles. The van der Waals surface area contributed by atoms with Crippen LogP contribution in [0.2, 0.25) is 0 Å². The molecule has 5 nitrogen and oxygen atoms in total. The van der Waals surface area contributed by atoms with Crippen molar-refractivity contribution in [3.63, 3.8) is 0 Å². The van der Waals surface area contributed by atoms with Crippen LogP contribution in [0.15, 0.2) is 30.3 Å². The van der Waals surface area contributed by atoms with Crippen LogP contribution in [0.25, 0.3) is 0 Å². The molecule has 2 aromatic rings. The Morgan fingerprint density at radius 2 is 1.74 bits per heavy atom. The van der Waals surface area contributed by atoms with Crippen molar-refractivity contribution in [2.24, 2.45) is 0 Å². The largest absolute Gasteiger partial charge is 0.342 e. The number of likely N-dealkylation sites (N-methyl/N-ethyl adjacent to an activating group) is 2. The Labute approximate surface area is 159 Å². The highest BCUT2D eigenvalue weighted by molar-refractivity contribution is 5.95. The molecule has 0 bridgehead atoms. The molecule has 0 unspecified atom stereocenters. The Morgan fingerprint density at radius 3 is 2.33 bits per heavy atom. The molecule has 0 N–H and O–H groups in total. The molecule has 146 valence electrons. The van der Waals surface area contributed by atoms with E-state index in [1.807, 2.05) is 38.8 Å². The predicted octanol–water partition coefficient (Wildman–Crippen LogP) is 3.50. The van der Waals surface area contributed by atoms with Crippen molar-refractivity contribution >= 4 is 11.9 Å². The summed E-state index contributed by atoms with van der Waals surface area (Å²) in [5.74, 6) is 0.373. The van der Waals surface area contributed by atoms with Crippen molar-refractivity contribution in [2.45, 2.75) is 33.6 Å². The lowest BCUT2D eigenvalue weighted by molar-refractivity contribution is 0.0766. The van der Waals surface area contributed by atoms with E-state index in [9.17, 15) is 13.6 Å². The van der Waals surface area contributed by atoms with Gasteiger partial charge in [-0.3, -0.25) is 4.79 Å². The number of halogens is 2. The van der Waals surface area contributed by atoms with Crippen LogP contribution >= 0.6 is 0 Å². The zero-order valence-corrected chi connectivity index (χ0v) is 16.2. The smallest absolute Gasteiger partial charge is 0.254 e. The Kier molecular flexibility index (Phi) is 7.21. The molecule has 1 amide bonds. The summed E-state index contributed by atoms with van der Waals surface area (Å²) in [6.07, 6.45) is -2.91. The number of carbonyl (C=O) groups excluding carboxylic acids is 1. The normalized spacial score (nSPS) is 10.9. The highest BCUT2D eigenvalue weighted by Crippen LogP contribution is 2.16. The summed E-state index contributed by atoms with van der Waals surface area (Å²) in [7, 11) is 1.87. The molecular weight excluding hydrogens is 350 g/mol. The second-order valence-corrected chi connectivity index (χ2v) is 6.51. The summed E-state index contributed by atoms with van der Waals surface area (Å²) in [4.78, 5) is 25.2. The second-order valence-electron chi connectivity index (χ2n) is 6.51. The van der Waals surface area contributed by atoms with Gasteiger partial charge in [0.25, 0.3) is 5.91 Å². The molecule has 0 aliphatic heterocycles. The predicted molar refractivity (Wildman–Crippen MR) is 103 cm³/mol. The molecule has 1 heterocycles. The maximum atomic E-state index is 12.9. The summed E-state index contributed by atoms with van der Waals surface area (Å²) >= 11 is 0. The van der Waals surface area contributed by atoms with Crippen LogP contribution in [-0.2, 0) is 6.42 Å². The van der Waals surface area contributed by atoms with Gasteiger partial charge in [-0.25, -0.2) is 18.7 Å². The third-order valence-electron chi connectivity index (χ3n) is 4.31. The third kappa shape index (κ3) is 5.70. The lowest BCUT2D eigenvalue weighted by Gasteiger charge is -2.26. The van der Waals surface area contributed by atoms with Crippen molar-refractivity contribution < 1.29 is 13.6 Å². The highest BCUT2D eigenvalue weighted by Gasteiger charge is 2.20. The van der Waals surface area contributed by atoms with Crippen LogP contribution in [-0.4, -0.2) is 53.9 Å². The minimum Gasteiger partial charge on any atom is -0.342 e. The lowest BCUT2D eigenvalue weighted by atomic mass is 10.0. The molecule has 2 rings (SSSR count). The fourth-order valence-corrected chi connectivity index (χ4v) is 2.90. The maximum absolute atomic E-state index is 12.9. The number of nitrogens with zero attached hydrogens (tertiary/aromatic N) is 4. The van der Waals surface area contributed by atoms with Gasteiger partial charge >= 0.3 is 0 Å².